The van der Waals surface area contributed by atoms with E-state index in [1.54, 1.807) is 12.1 Å². The molecule has 0 unspecified atom stereocenters. The second-order valence-corrected chi connectivity index (χ2v) is 8.22. The van der Waals surface area contributed by atoms with E-state index in [0.717, 1.165) is 29.9 Å². The van der Waals surface area contributed by atoms with Crippen LogP contribution in [0.1, 0.15) is 49.5 Å². The minimum Gasteiger partial charge on any atom is -0.478 e. The van der Waals surface area contributed by atoms with Gasteiger partial charge in [0, 0.05) is 36.4 Å². The van der Waals surface area contributed by atoms with Crippen LogP contribution in [0.3, 0.4) is 0 Å². The summed E-state index contributed by atoms with van der Waals surface area (Å²) in [6.07, 6.45) is 3.15. The van der Waals surface area contributed by atoms with Crippen LogP contribution in [0.25, 0.3) is 0 Å². The SMILES string of the molecule is CCOc1cc(NC2CCN(C(=O)c3ccc4c(c3)C(C)(C)C(=O)N4)CC2)ncn1. The first-order chi connectivity index (χ1) is 14.4. The lowest BCUT2D eigenvalue weighted by Crippen LogP contribution is -2.42. The number of nitrogens with zero attached hydrogens (tertiary/aromatic N) is 3. The number of piperidine rings is 1. The number of rotatable bonds is 5. The van der Waals surface area contributed by atoms with Crippen LogP contribution in [0.5, 0.6) is 5.88 Å². The molecule has 0 atom stereocenters. The van der Waals surface area contributed by atoms with Gasteiger partial charge in [0.2, 0.25) is 11.8 Å². The maximum Gasteiger partial charge on any atom is 0.253 e. The van der Waals surface area contributed by atoms with Gasteiger partial charge in [0.15, 0.2) is 0 Å². The predicted octanol–water partition coefficient (Wildman–Crippen LogP) is 2.82. The van der Waals surface area contributed by atoms with Crippen LogP contribution in [-0.4, -0.2) is 52.4 Å². The lowest BCUT2D eigenvalue weighted by molar-refractivity contribution is -0.119. The zero-order chi connectivity index (χ0) is 21.3. The van der Waals surface area contributed by atoms with Crippen molar-refractivity contribution in [2.75, 3.05) is 30.3 Å². The highest BCUT2D eigenvalue weighted by Gasteiger charge is 2.39. The molecular formula is C22H27N5O3. The molecule has 0 saturated carbocycles. The first-order valence-electron chi connectivity index (χ1n) is 10.3. The number of aromatic nitrogens is 2. The first-order valence-corrected chi connectivity index (χ1v) is 10.3. The Balaban J connectivity index is 1.38. The molecule has 8 heteroatoms. The number of likely N-dealkylation sites (tertiary alicyclic amines) is 1. The Bertz CT molecular complexity index is 967. The van der Waals surface area contributed by atoms with E-state index >= 15 is 0 Å². The zero-order valence-corrected chi connectivity index (χ0v) is 17.6. The highest BCUT2D eigenvalue weighted by atomic mass is 16.5. The number of amides is 2. The Hall–Kier alpha value is -3.16. The third-order valence-electron chi connectivity index (χ3n) is 5.82. The second-order valence-electron chi connectivity index (χ2n) is 8.22. The van der Waals surface area contributed by atoms with Gasteiger partial charge in [0.05, 0.1) is 12.0 Å². The van der Waals surface area contributed by atoms with Crippen molar-refractivity contribution in [2.24, 2.45) is 0 Å². The van der Waals surface area contributed by atoms with Crippen LogP contribution in [0.2, 0.25) is 0 Å². The van der Waals surface area contributed by atoms with Crippen molar-refractivity contribution in [1.29, 1.82) is 0 Å². The number of hydrogen-bond donors (Lipinski definition) is 2. The first kappa shape index (κ1) is 20.1. The quantitative estimate of drug-likeness (QED) is 0.788. The molecular weight excluding hydrogens is 382 g/mol. The number of anilines is 2. The summed E-state index contributed by atoms with van der Waals surface area (Å²) in [7, 11) is 0. The average Bonchev–Trinajstić information content (AvgIpc) is 2.97. The predicted molar refractivity (Wildman–Crippen MR) is 114 cm³/mol. The number of hydrogen-bond acceptors (Lipinski definition) is 6. The van der Waals surface area contributed by atoms with Gasteiger partial charge >= 0.3 is 0 Å². The fourth-order valence-electron chi connectivity index (χ4n) is 3.97. The standard InChI is InChI=1S/C22H27N5O3/c1-4-30-19-12-18(23-13-24-19)25-15-7-9-27(10-8-15)20(28)14-5-6-17-16(11-14)22(2,3)21(29)26-17/h5-6,11-13,15H,4,7-10H2,1-3H3,(H,26,29)(H,23,24,25). The summed E-state index contributed by atoms with van der Waals surface area (Å²) in [5.74, 6) is 1.25. The van der Waals surface area contributed by atoms with Crippen molar-refractivity contribution in [1.82, 2.24) is 14.9 Å². The molecule has 1 aromatic heterocycles. The highest BCUT2D eigenvalue weighted by Crippen LogP contribution is 2.38. The van der Waals surface area contributed by atoms with Gasteiger partial charge in [-0.2, -0.15) is 0 Å². The summed E-state index contributed by atoms with van der Waals surface area (Å²) in [5.41, 5.74) is 1.67. The zero-order valence-electron chi connectivity index (χ0n) is 17.6. The lowest BCUT2D eigenvalue weighted by atomic mass is 9.85. The van der Waals surface area contributed by atoms with E-state index < -0.39 is 5.41 Å². The number of benzene rings is 1. The highest BCUT2D eigenvalue weighted by molar-refractivity contribution is 6.07. The van der Waals surface area contributed by atoms with Crippen LogP contribution in [0, 0.1) is 0 Å². The third kappa shape index (κ3) is 3.81. The van der Waals surface area contributed by atoms with Gasteiger partial charge in [-0.15, -0.1) is 0 Å². The van der Waals surface area contributed by atoms with Crippen molar-refractivity contribution < 1.29 is 14.3 Å². The van der Waals surface area contributed by atoms with E-state index in [4.69, 9.17) is 4.74 Å². The van der Waals surface area contributed by atoms with Crippen molar-refractivity contribution in [3.8, 4) is 5.88 Å². The molecule has 8 nitrogen and oxygen atoms in total. The molecule has 0 spiro atoms. The van der Waals surface area contributed by atoms with Crippen LogP contribution in [0.4, 0.5) is 11.5 Å². The van der Waals surface area contributed by atoms with Gasteiger partial charge < -0.3 is 20.3 Å². The minimum absolute atomic E-state index is 0.00654. The van der Waals surface area contributed by atoms with Gasteiger partial charge in [0.25, 0.3) is 5.91 Å². The van der Waals surface area contributed by atoms with Crippen LogP contribution in [0.15, 0.2) is 30.6 Å². The number of carbonyl (C=O) groups is 2. The topological polar surface area (TPSA) is 96.5 Å². The number of nitrogens with one attached hydrogen (secondary N) is 2. The van der Waals surface area contributed by atoms with Crippen LogP contribution < -0.4 is 15.4 Å². The summed E-state index contributed by atoms with van der Waals surface area (Å²) in [5, 5.41) is 6.30. The maximum absolute atomic E-state index is 13.0. The smallest absolute Gasteiger partial charge is 0.253 e. The summed E-state index contributed by atoms with van der Waals surface area (Å²) in [6.45, 7) is 7.56. The lowest BCUT2D eigenvalue weighted by Gasteiger charge is -2.33. The molecule has 1 aromatic carbocycles. The van der Waals surface area contributed by atoms with E-state index in [0.29, 0.717) is 31.1 Å². The molecule has 30 heavy (non-hydrogen) atoms. The molecule has 1 saturated heterocycles. The Morgan fingerprint density at radius 1 is 1.27 bits per heavy atom. The molecule has 0 bridgehead atoms. The fourth-order valence-corrected chi connectivity index (χ4v) is 3.97. The Labute approximate surface area is 176 Å². The van der Waals surface area contributed by atoms with E-state index in [1.165, 1.54) is 6.33 Å². The van der Waals surface area contributed by atoms with Gasteiger partial charge in [-0.3, -0.25) is 9.59 Å². The van der Waals surface area contributed by atoms with Crippen molar-refractivity contribution in [2.45, 2.75) is 45.1 Å². The van der Waals surface area contributed by atoms with Crippen molar-refractivity contribution >= 4 is 23.3 Å². The Morgan fingerprint density at radius 2 is 2.03 bits per heavy atom. The fraction of sp³-hybridized carbons (Fsp3) is 0.455. The monoisotopic (exact) mass is 409 g/mol. The summed E-state index contributed by atoms with van der Waals surface area (Å²) < 4.78 is 5.42. The van der Waals surface area contributed by atoms with Gasteiger partial charge in [-0.1, -0.05) is 0 Å². The molecule has 2 aliphatic rings. The van der Waals surface area contributed by atoms with E-state index in [1.807, 2.05) is 37.8 Å². The summed E-state index contributed by atoms with van der Waals surface area (Å²) >= 11 is 0. The number of ether oxygens (including phenoxy) is 1. The minimum atomic E-state index is -0.625. The van der Waals surface area contributed by atoms with E-state index in [2.05, 4.69) is 20.6 Å². The largest absolute Gasteiger partial charge is 0.478 e. The Morgan fingerprint density at radius 3 is 2.77 bits per heavy atom. The van der Waals surface area contributed by atoms with Gasteiger partial charge in [-0.25, -0.2) is 9.97 Å². The molecule has 158 valence electrons. The van der Waals surface area contributed by atoms with E-state index in [-0.39, 0.29) is 17.9 Å². The maximum atomic E-state index is 13.0. The molecule has 0 aliphatic carbocycles. The molecule has 2 aromatic rings. The molecule has 2 N–H and O–H groups in total. The molecule has 3 heterocycles. The van der Waals surface area contributed by atoms with Gasteiger partial charge in [-0.05, 0) is 57.4 Å². The second kappa shape index (κ2) is 7.93. The summed E-state index contributed by atoms with van der Waals surface area (Å²) in [4.78, 5) is 35.4. The molecule has 0 radical (unpaired) electrons. The third-order valence-corrected chi connectivity index (χ3v) is 5.82. The molecule has 4 rings (SSSR count). The summed E-state index contributed by atoms with van der Waals surface area (Å²) in [6, 6.07) is 7.51. The number of fused-ring (bicyclic) bond motifs is 1. The molecule has 2 amide bonds. The molecule has 2 aliphatic heterocycles. The van der Waals surface area contributed by atoms with Crippen molar-refractivity contribution in [3.05, 3.63) is 41.7 Å². The van der Waals surface area contributed by atoms with Crippen LogP contribution in [-0.2, 0) is 10.2 Å². The van der Waals surface area contributed by atoms with Crippen molar-refractivity contribution in [3.63, 3.8) is 0 Å². The van der Waals surface area contributed by atoms with Gasteiger partial charge in [0.1, 0.15) is 12.1 Å². The molecule has 1 fully saturated rings. The van der Waals surface area contributed by atoms with E-state index in [9.17, 15) is 9.59 Å². The normalized spacial score (nSPS) is 18.0. The average molecular weight is 409 g/mol. The Kier molecular flexibility index (Phi) is 5.32. The van der Waals surface area contributed by atoms with Crippen LogP contribution >= 0.6 is 0 Å². The number of carbonyl (C=O) groups excluding carboxylic acids is 2.